The summed E-state index contributed by atoms with van der Waals surface area (Å²) in [5, 5.41) is 7.08. The number of halogens is 4. The van der Waals surface area contributed by atoms with E-state index in [2.05, 4.69) is 35.9 Å². The molecule has 0 radical (unpaired) electrons. The van der Waals surface area contributed by atoms with Gasteiger partial charge in [0, 0.05) is 35.6 Å². The van der Waals surface area contributed by atoms with Gasteiger partial charge < -0.3 is 14.8 Å². The van der Waals surface area contributed by atoms with Crippen LogP contribution in [-0.2, 0) is 21.5 Å². The van der Waals surface area contributed by atoms with Crippen LogP contribution in [0.2, 0.25) is 0 Å². The summed E-state index contributed by atoms with van der Waals surface area (Å²) in [5.41, 5.74) is 0.457. The van der Waals surface area contributed by atoms with Crippen molar-refractivity contribution in [3.8, 4) is 16.9 Å². The quantitative estimate of drug-likeness (QED) is 0.294. The number of amides is 1. The monoisotopic (exact) mass is 533 g/mol. The topological polar surface area (TPSA) is 82.4 Å². The minimum absolute atomic E-state index is 0.00742. The first kappa shape index (κ1) is 27.2. The first-order valence-corrected chi connectivity index (χ1v) is 11.8. The lowest BCUT2D eigenvalue weighted by molar-refractivity contribution is -0.274. The van der Waals surface area contributed by atoms with Crippen molar-refractivity contribution in [1.82, 2.24) is 9.78 Å². The summed E-state index contributed by atoms with van der Waals surface area (Å²) in [6.07, 6.45) is -0.884. The number of nitrogens with one attached hydrogen (secondary N) is 1. The van der Waals surface area contributed by atoms with Gasteiger partial charge in [0.15, 0.2) is 0 Å². The van der Waals surface area contributed by atoms with E-state index in [9.17, 15) is 27.2 Å². The molecule has 1 heterocycles. The number of hydrogen-bond donors (Lipinski definition) is 1. The molecule has 0 spiro atoms. The zero-order valence-electron chi connectivity index (χ0n) is 21.3. The molecule has 0 atom stereocenters. The Morgan fingerprint density at radius 2 is 1.82 bits per heavy atom. The average Bonchev–Trinajstić information content (AvgIpc) is 3.49. The number of benzene rings is 2. The molecule has 0 unspecified atom stereocenters. The molecule has 1 fully saturated rings. The van der Waals surface area contributed by atoms with E-state index in [0.29, 0.717) is 36.6 Å². The Bertz CT molecular complexity index is 1370. The summed E-state index contributed by atoms with van der Waals surface area (Å²) in [6, 6.07) is 7.44. The van der Waals surface area contributed by atoms with Crippen molar-refractivity contribution in [3.05, 3.63) is 65.7 Å². The van der Waals surface area contributed by atoms with Crippen molar-refractivity contribution in [2.45, 2.75) is 51.9 Å². The molecule has 1 aliphatic rings. The maximum atomic E-state index is 14.7. The molecular formula is C27H27F4N3O4. The summed E-state index contributed by atoms with van der Waals surface area (Å²) in [7, 11) is 1.24. The highest BCUT2D eigenvalue weighted by molar-refractivity contribution is 6.04. The molecule has 1 aliphatic carbocycles. The largest absolute Gasteiger partial charge is 0.573 e. The third-order valence-electron chi connectivity index (χ3n) is 6.14. The highest BCUT2D eigenvalue weighted by Crippen LogP contribution is 2.50. The van der Waals surface area contributed by atoms with Crippen molar-refractivity contribution < 1.29 is 36.6 Å². The summed E-state index contributed by atoms with van der Waals surface area (Å²) in [5.74, 6) is -2.84. The van der Waals surface area contributed by atoms with Crippen molar-refractivity contribution in [2.24, 2.45) is 5.41 Å². The molecule has 11 heteroatoms. The van der Waals surface area contributed by atoms with Crippen LogP contribution in [0.4, 0.5) is 23.2 Å². The third kappa shape index (κ3) is 5.98. The lowest BCUT2D eigenvalue weighted by Crippen LogP contribution is -2.29. The fourth-order valence-corrected chi connectivity index (χ4v) is 4.30. The average molecular weight is 534 g/mol. The Balaban J connectivity index is 1.58. The molecule has 2 aromatic carbocycles. The van der Waals surface area contributed by atoms with Crippen molar-refractivity contribution >= 4 is 17.6 Å². The van der Waals surface area contributed by atoms with Gasteiger partial charge in [-0.15, -0.1) is 13.2 Å². The number of carbonyl (C=O) groups excluding carboxylic acids is 2. The molecule has 0 bridgehead atoms. The number of nitrogens with zero attached hydrogens (tertiary/aromatic N) is 2. The minimum Gasteiger partial charge on any atom is -0.465 e. The molecule has 7 nitrogen and oxygen atoms in total. The highest BCUT2D eigenvalue weighted by Gasteiger charge is 2.53. The van der Waals surface area contributed by atoms with Crippen molar-refractivity contribution in [1.29, 1.82) is 0 Å². The zero-order chi connectivity index (χ0) is 27.9. The molecule has 1 N–H and O–H groups in total. The van der Waals surface area contributed by atoms with Gasteiger partial charge in [-0.3, -0.25) is 9.48 Å². The number of ether oxygens (including phenoxy) is 2. The lowest BCUT2D eigenvalue weighted by atomic mass is 9.93. The number of rotatable bonds is 7. The maximum absolute atomic E-state index is 14.7. The SMILES string of the molecule is COC(=O)c1cc(NC(=O)C2(c3ccc(OC(F)(F)F)cc3F)CC2)ccc1-c1cnn(CC(C)(C)C)c1. The van der Waals surface area contributed by atoms with Crippen LogP contribution in [0.1, 0.15) is 49.5 Å². The van der Waals surface area contributed by atoms with E-state index >= 15 is 0 Å². The van der Waals surface area contributed by atoms with Crippen LogP contribution in [-0.4, -0.2) is 35.1 Å². The van der Waals surface area contributed by atoms with Crippen LogP contribution in [0.5, 0.6) is 5.75 Å². The van der Waals surface area contributed by atoms with Gasteiger partial charge in [0.1, 0.15) is 11.6 Å². The number of anilines is 1. The second kappa shape index (κ2) is 9.77. The molecule has 1 amide bonds. The normalized spacial score (nSPS) is 14.6. The molecule has 0 aliphatic heterocycles. The third-order valence-corrected chi connectivity index (χ3v) is 6.14. The number of hydrogen-bond acceptors (Lipinski definition) is 5. The predicted octanol–water partition coefficient (Wildman–Crippen LogP) is 6.09. The first-order valence-electron chi connectivity index (χ1n) is 11.8. The van der Waals surface area contributed by atoms with E-state index in [1.165, 1.54) is 13.2 Å². The molecule has 3 aromatic rings. The number of alkyl halides is 3. The fourth-order valence-electron chi connectivity index (χ4n) is 4.30. The first-order chi connectivity index (χ1) is 17.7. The van der Waals surface area contributed by atoms with Crippen molar-refractivity contribution in [2.75, 3.05) is 12.4 Å². The van der Waals surface area contributed by atoms with E-state index in [4.69, 9.17) is 4.74 Å². The van der Waals surface area contributed by atoms with Crippen molar-refractivity contribution in [3.63, 3.8) is 0 Å². The van der Waals surface area contributed by atoms with Gasteiger partial charge in [0.25, 0.3) is 0 Å². The summed E-state index contributed by atoms with van der Waals surface area (Å²) in [6.45, 7) is 6.90. The Kier molecular flexibility index (Phi) is 6.98. The Morgan fingerprint density at radius 1 is 1.11 bits per heavy atom. The summed E-state index contributed by atoms with van der Waals surface area (Å²) >= 11 is 0. The molecule has 0 saturated heterocycles. The van der Waals surface area contributed by atoms with Crippen LogP contribution >= 0.6 is 0 Å². The molecule has 1 saturated carbocycles. The Labute approximate surface area is 216 Å². The van der Waals surface area contributed by atoms with Gasteiger partial charge in [0.05, 0.1) is 24.3 Å². The molecule has 38 heavy (non-hydrogen) atoms. The van der Waals surface area contributed by atoms with E-state index < -0.39 is 35.2 Å². The number of aromatic nitrogens is 2. The number of esters is 1. The van der Waals surface area contributed by atoms with E-state index in [1.807, 2.05) is 6.20 Å². The standard InChI is InChI=1S/C27H27F4N3O4/c1-25(2,3)15-34-14-16(13-32-34)19-7-5-17(11-20(19)23(35)37-4)33-24(36)26(9-10-26)21-8-6-18(12-22(21)28)38-27(29,30)31/h5-8,11-14H,9-10,15H2,1-4H3,(H,33,36). The van der Waals surface area contributed by atoms with Gasteiger partial charge in [-0.2, -0.15) is 5.10 Å². The highest BCUT2D eigenvalue weighted by atomic mass is 19.4. The van der Waals surface area contributed by atoms with E-state index in [0.717, 1.165) is 12.1 Å². The molecule has 1 aromatic heterocycles. The summed E-state index contributed by atoms with van der Waals surface area (Å²) < 4.78 is 62.6. The summed E-state index contributed by atoms with van der Waals surface area (Å²) in [4.78, 5) is 25.8. The molecule has 4 rings (SSSR count). The molecule has 202 valence electrons. The van der Waals surface area contributed by atoms with Gasteiger partial charge >= 0.3 is 12.3 Å². The molecular weight excluding hydrogens is 506 g/mol. The maximum Gasteiger partial charge on any atom is 0.573 e. The smallest absolute Gasteiger partial charge is 0.465 e. The number of carbonyl (C=O) groups is 2. The van der Waals surface area contributed by atoms with Crippen LogP contribution in [0, 0.1) is 11.2 Å². The van der Waals surface area contributed by atoms with Gasteiger partial charge in [0.2, 0.25) is 5.91 Å². The van der Waals surface area contributed by atoms with Crippen LogP contribution in [0.15, 0.2) is 48.8 Å². The minimum atomic E-state index is -4.96. The fraction of sp³-hybridized carbons (Fsp3) is 0.370. The van der Waals surface area contributed by atoms with Gasteiger partial charge in [-0.25, -0.2) is 9.18 Å². The Morgan fingerprint density at radius 3 is 2.39 bits per heavy atom. The van der Waals surface area contributed by atoms with Crippen LogP contribution in [0.3, 0.4) is 0 Å². The number of methoxy groups -OCH3 is 1. The zero-order valence-corrected chi connectivity index (χ0v) is 21.3. The van der Waals surface area contributed by atoms with Gasteiger partial charge in [-0.05, 0) is 42.0 Å². The van der Waals surface area contributed by atoms with E-state index in [-0.39, 0.29) is 22.2 Å². The van der Waals surface area contributed by atoms with E-state index in [1.54, 1.807) is 23.0 Å². The van der Waals surface area contributed by atoms with Crippen LogP contribution < -0.4 is 10.1 Å². The lowest BCUT2D eigenvalue weighted by Gasteiger charge is -2.18. The Hall–Kier alpha value is -3.89. The predicted molar refractivity (Wildman–Crippen MR) is 131 cm³/mol. The second-order valence-corrected chi connectivity index (χ2v) is 10.5. The van der Waals surface area contributed by atoms with Crippen LogP contribution in [0.25, 0.3) is 11.1 Å². The van der Waals surface area contributed by atoms with Gasteiger partial charge in [-0.1, -0.05) is 32.9 Å². The second-order valence-electron chi connectivity index (χ2n) is 10.5.